The number of nitrogens with one attached hydrogen (secondary N) is 3. The smallest absolute Gasteiger partial charge is 0.329 e. The Morgan fingerprint density at radius 1 is 1.28 bits per heavy atom. The first-order valence-electron chi connectivity index (χ1n) is 8.44. The molecular formula is C17H21ClN4O3. The maximum atomic E-state index is 12.4. The zero-order valence-electron chi connectivity index (χ0n) is 13.8. The fourth-order valence-electron chi connectivity index (χ4n) is 3.09. The first kappa shape index (κ1) is 17.7. The van der Waals surface area contributed by atoms with E-state index in [9.17, 15) is 14.4 Å². The number of rotatable bonds is 6. The van der Waals surface area contributed by atoms with E-state index in [-0.39, 0.29) is 24.7 Å². The van der Waals surface area contributed by atoms with Crippen molar-refractivity contribution < 1.29 is 14.4 Å². The number of hydrogen-bond donors (Lipinski definition) is 3. The van der Waals surface area contributed by atoms with E-state index in [4.69, 9.17) is 11.6 Å². The number of hydrogen-bond acceptors (Lipinski definition) is 4. The first-order valence-corrected chi connectivity index (χ1v) is 8.82. The third-order valence-electron chi connectivity index (χ3n) is 4.47. The van der Waals surface area contributed by atoms with Crippen LogP contribution in [0.15, 0.2) is 24.3 Å². The summed E-state index contributed by atoms with van der Waals surface area (Å²) in [6.45, 7) is 1.59. The van der Waals surface area contributed by atoms with Crippen LogP contribution in [0.5, 0.6) is 0 Å². The second kappa shape index (κ2) is 7.84. The molecule has 0 spiro atoms. The molecule has 0 aromatic heterocycles. The Kier molecular flexibility index (Phi) is 5.55. The summed E-state index contributed by atoms with van der Waals surface area (Å²) in [6.07, 6.45) is 2.66. The van der Waals surface area contributed by atoms with E-state index in [1.54, 1.807) is 24.3 Å². The largest absolute Gasteiger partial charge is 0.355 e. The van der Waals surface area contributed by atoms with Gasteiger partial charge in [-0.25, -0.2) is 9.69 Å². The summed E-state index contributed by atoms with van der Waals surface area (Å²) in [7, 11) is 0. The SMILES string of the molecule is O=C(CCC1NC(=O)N(c2ccc(Cl)cc2)C1=O)NCC1CCCN1. The van der Waals surface area contributed by atoms with E-state index in [2.05, 4.69) is 16.0 Å². The van der Waals surface area contributed by atoms with Gasteiger partial charge in [0.25, 0.3) is 5.91 Å². The molecule has 4 amide bonds. The molecule has 2 atom stereocenters. The number of benzene rings is 1. The van der Waals surface area contributed by atoms with Crippen LogP contribution >= 0.6 is 11.6 Å². The molecule has 0 saturated carbocycles. The third kappa shape index (κ3) is 4.29. The van der Waals surface area contributed by atoms with E-state index >= 15 is 0 Å². The molecule has 3 N–H and O–H groups in total. The molecule has 0 radical (unpaired) electrons. The minimum Gasteiger partial charge on any atom is -0.355 e. The molecule has 3 rings (SSSR count). The minimum atomic E-state index is -0.682. The highest BCUT2D eigenvalue weighted by molar-refractivity contribution is 6.30. The van der Waals surface area contributed by atoms with E-state index in [0.717, 1.165) is 24.3 Å². The lowest BCUT2D eigenvalue weighted by molar-refractivity contribution is -0.121. The molecule has 7 nitrogen and oxygen atoms in total. The Morgan fingerprint density at radius 2 is 2.04 bits per heavy atom. The predicted octanol–water partition coefficient (Wildman–Crippen LogP) is 1.41. The standard InChI is InChI=1S/C17H21ClN4O3/c18-11-3-5-13(6-4-11)22-16(24)14(21-17(22)25)7-8-15(23)20-10-12-2-1-9-19-12/h3-6,12,14,19H,1-2,7-10H2,(H,20,23)(H,21,25). The molecule has 0 bridgehead atoms. The summed E-state index contributed by atoms with van der Waals surface area (Å²) < 4.78 is 0. The summed E-state index contributed by atoms with van der Waals surface area (Å²) in [6, 6.07) is 5.64. The van der Waals surface area contributed by atoms with Crippen LogP contribution in [0.25, 0.3) is 0 Å². The summed E-state index contributed by atoms with van der Waals surface area (Å²) in [4.78, 5) is 37.6. The van der Waals surface area contributed by atoms with Crippen molar-refractivity contribution in [1.29, 1.82) is 0 Å². The van der Waals surface area contributed by atoms with E-state index in [1.807, 2.05) is 0 Å². The van der Waals surface area contributed by atoms with Gasteiger partial charge in [-0.2, -0.15) is 0 Å². The fourth-order valence-corrected chi connectivity index (χ4v) is 3.22. The van der Waals surface area contributed by atoms with Gasteiger partial charge in [0.1, 0.15) is 6.04 Å². The first-order chi connectivity index (χ1) is 12.0. The predicted molar refractivity (Wildman–Crippen MR) is 94.5 cm³/mol. The van der Waals surface area contributed by atoms with E-state index in [0.29, 0.717) is 23.3 Å². The Labute approximate surface area is 151 Å². The number of carbonyl (C=O) groups is 3. The number of nitrogens with zero attached hydrogens (tertiary/aromatic N) is 1. The molecule has 2 saturated heterocycles. The summed E-state index contributed by atoms with van der Waals surface area (Å²) in [5, 5.41) is 9.34. The molecule has 134 valence electrons. The van der Waals surface area contributed by atoms with Crippen molar-refractivity contribution in [2.24, 2.45) is 0 Å². The normalized spacial score (nSPS) is 23.0. The average molecular weight is 365 g/mol. The maximum absolute atomic E-state index is 12.4. The van der Waals surface area contributed by atoms with Gasteiger partial charge in [-0.15, -0.1) is 0 Å². The highest BCUT2D eigenvalue weighted by atomic mass is 35.5. The zero-order valence-corrected chi connectivity index (χ0v) is 14.5. The average Bonchev–Trinajstić information content (AvgIpc) is 3.20. The number of halogens is 1. The number of urea groups is 1. The number of imide groups is 1. The van der Waals surface area contributed by atoms with Gasteiger partial charge in [-0.05, 0) is 50.1 Å². The topological polar surface area (TPSA) is 90.5 Å². The lowest BCUT2D eigenvalue weighted by Gasteiger charge is -2.13. The molecule has 2 aliphatic heterocycles. The van der Waals surface area contributed by atoms with Crippen molar-refractivity contribution in [1.82, 2.24) is 16.0 Å². The third-order valence-corrected chi connectivity index (χ3v) is 4.72. The van der Waals surface area contributed by atoms with Gasteiger partial charge in [-0.1, -0.05) is 11.6 Å². The zero-order chi connectivity index (χ0) is 17.8. The van der Waals surface area contributed by atoms with Gasteiger partial charge in [-0.3, -0.25) is 9.59 Å². The van der Waals surface area contributed by atoms with Crippen LogP contribution < -0.4 is 20.9 Å². The molecule has 2 unspecified atom stereocenters. The molecular weight excluding hydrogens is 344 g/mol. The van der Waals surface area contributed by atoms with Gasteiger partial charge in [0.05, 0.1) is 5.69 Å². The summed E-state index contributed by atoms with van der Waals surface area (Å²) in [5.41, 5.74) is 0.464. The van der Waals surface area contributed by atoms with Crippen molar-refractivity contribution in [3.8, 4) is 0 Å². The number of amides is 4. The fraction of sp³-hybridized carbons (Fsp3) is 0.471. The van der Waals surface area contributed by atoms with Crippen LogP contribution in [-0.2, 0) is 9.59 Å². The van der Waals surface area contributed by atoms with Crippen molar-refractivity contribution in [3.63, 3.8) is 0 Å². The van der Waals surface area contributed by atoms with Crippen molar-refractivity contribution in [3.05, 3.63) is 29.3 Å². The van der Waals surface area contributed by atoms with Crippen LogP contribution in [0.4, 0.5) is 10.5 Å². The van der Waals surface area contributed by atoms with E-state index < -0.39 is 12.1 Å². The Balaban J connectivity index is 1.50. The summed E-state index contributed by atoms with van der Waals surface area (Å²) >= 11 is 5.83. The molecule has 2 heterocycles. The van der Waals surface area contributed by atoms with Gasteiger partial charge < -0.3 is 16.0 Å². The van der Waals surface area contributed by atoms with Crippen molar-refractivity contribution in [2.75, 3.05) is 18.0 Å². The van der Waals surface area contributed by atoms with Gasteiger partial charge >= 0.3 is 6.03 Å². The van der Waals surface area contributed by atoms with Gasteiger partial charge in [0.15, 0.2) is 0 Å². The van der Waals surface area contributed by atoms with Crippen LogP contribution in [0.3, 0.4) is 0 Å². The summed E-state index contributed by atoms with van der Waals surface area (Å²) in [5.74, 6) is -0.460. The van der Waals surface area contributed by atoms with Gasteiger partial charge in [0.2, 0.25) is 5.91 Å². The molecule has 2 fully saturated rings. The maximum Gasteiger partial charge on any atom is 0.329 e. The molecule has 1 aromatic carbocycles. The van der Waals surface area contributed by atoms with Crippen LogP contribution in [0.2, 0.25) is 5.02 Å². The van der Waals surface area contributed by atoms with Crippen LogP contribution in [0.1, 0.15) is 25.7 Å². The lowest BCUT2D eigenvalue weighted by Crippen LogP contribution is -2.38. The molecule has 1 aromatic rings. The van der Waals surface area contributed by atoms with Crippen molar-refractivity contribution in [2.45, 2.75) is 37.8 Å². The molecule has 0 aliphatic carbocycles. The lowest BCUT2D eigenvalue weighted by atomic mass is 10.1. The molecule has 8 heteroatoms. The minimum absolute atomic E-state index is 0.110. The van der Waals surface area contributed by atoms with Crippen LogP contribution in [-0.4, -0.2) is 43.0 Å². The van der Waals surface area contributed by atoms with Crippen LogP contribution in [0, 0.1) is 0 Å². The highest BCUT2D eigenvalue weighted by Crippen LogP contribution is 2.23. The van der Waals surface area contributed by atoms with Gasteiger partial charge in [0, 0.05) is 24.0 Å². The molecule has 25 heavy (non-hydrogen) atoms. The number of carbonyl (C=O) groups excluding carboxylic acids is 3. The highest BCUT2D eigenvalue weighted by Gasteiger charge is 2.38. The second-order valence-electron chi connectivity index (χ2n) is 6.29. The Hall–Kier alpha value is -2.12. The monoisotopic (exact) mass is 364 g/mol. The van der Waals surface area contributed by atoms with E-state index in [1.165, 1.54) is 0 Å². The second-order valence-corrected chi connectivity index (χ2v) is 6.72. The number of anilines is 1. The Morgan fingerprint density at radius 3 is 2.72 bits per heavy atom. The Bertz CT molecular complexity index is 658. The molecule has 2 aliphatic rings. The van der Waals surface area contributed by atoms with Crippen molar-refractivity contribution >= 4 is 35.1 Å². The quantitative estimate of drug-likeness (QED) is 0.666.